The molecule has 18 heavy (non-hydrogen) atoms. The number of aliphatic hydroxyl groups excluding tert-OH is 2. The van der Waals surface area contributed by atoms with Crippen molar-refractivity contribution < 1.29 is 25.2 Å². The maximum Gasteiger partial charge on any atom is 0.340 e. The highest BCUT2D eigenvalue weighted by atomic mass is 32.1. The lowest BCUT2D eigenvalue weighted by molar-refractivity contribution is -0.168. The Morgan fingerprint density at radius 3 is 2.78 bits per heavy atom. The summed E-state index contributed by atoms with van der Waals surface area (Å²) < 4.78 is 0. The van der Waals surface area contributed by atoms with Crippen molar-refractivity contribution in [2.75, 3.05) is 0 Å². The number of allylic oxidation sites excluding steroid dienone is 1. The molecule has 3 atom stereocenters. The molecule has 0 fully saturated rings. The van der Waals surface area contributed by atoms with Gasteiger partial charge in [-0.15, -0.1) is 11.3 Å². The summed E-state index contributed by atoms with van der Waals surface area (Å²) in [5.74, 6) is -1.42. The third kappa shape index (κ3) is 1.87. The second-order valence-corrected chi connectivity index (χ2v) is 5.42. The van der Waals surface area contributed by atoms with Gasteiger partial charge in [0, 0.05) is 21.7 Å². The van der Waals surface area contributed by atoms with Gasteiger partial charge in [0.2, 0.25) is 0 Å². The van der Waals surface area contributed by atoms with E-state index in [1.54, 1.807) is 18.2 Å². The maximum absolute atomic E-state index is 11.2. The van der Waals surface area contributed by atoms with E-state index in [4.69, 9.17) is 5.11 Å². The number of aliphatic hydroxyl groups is 3. The van der Waals surface area contributed by atoms with E-state index in [2.05, 4.69) is 0 Å². The smallest absolute Gasteiger partial charge is 0.340 e. The van der Waals surface area contributed by atoms with Gasteiger partial charge in [-0.2, -0.15) is 0 Å². The Labute approximate surface area is 108 Å². The second kappa shape index (κ2) is 4.47. The number of fused-ring (bicyclic) bond motifs is 1. The molecular weight excluding hydrogens is 256 g/mol. The molecule has 1 aliphatic rings. The van der Waals surface area contributed by atoms with Crippen molar-refractivity contribution >= 4 is 23.4 Å². The lowest BCUT2D eigenvalue weighted by Crippen LogP contribution is -2.44. The van der Waals surface area contributed by atoms with Gasteiger partial charge < -0.3 is 20.4 Å². The lowest BCUT2D eigenvalue weighted by Gasteiger charge is -2.34. The van der Waals surface area contributed by atoms with E-state index in [0.29, 0.717) is 4.88 Å². The largest absolute Gasteiger partial charge is 0.479 e. The van der Waals surface area contributed by atoms with Crippen LogP contribution in [0.3, 0.4) is 0 Å². The first-order valence-electron chi connectivity index (χ1n) is 5.49. The monoisotopic (exact) mass is 270 g/mol. The number of rotatable bonds is 2. The van der Waals surface area contributed by atoms with Gasteiger partial charge in [-0.05, 0) is 19.1 Å². The van der Waals surface area contributed by atoms with Crippen LogP contribution in [-0.4, -0.2) is 32.5 Å². The molecule has 0 spiro atoms. The lowest BCUT2D eigenvalue weighted by atomic mass is 9.80. The van der Waals surface area contributed by atoms with Gasteiger partial charge in [0.1, 0.15) is 6.10 Å². The minimum absolute atomic E-state index is 0.172. The highest BCUT2D eigenvalue weighted by Gasteiger charge is 2.49. The molecule has 1 heterocycles. The molecule has 0 saturated carbocycles. The number of thiophene rings is 1. The van der Waals surface area contributed by atoms with Crippen molar-refractivity contribution in [3.63, 3.8) is 0 Å². The van der Waals surface area contributed by atoms with Gasteiger partial charge in [-0.3, -0.25) is 0 Å². The third-order valence-corrected chi connectivity index (χ3v) is 4.22. The van der Waals surface area contributed by atoms with E-state index < -0.39 is 30.2 Å². The van der Waals surface area contributed by atoms with Crippen LogP contribution in [0.15, 0.2) is 12.1 Å². The molecule has 1 aromatic rings. The topological polar surface area (TPSA) is 98.0 Å². The summed E-state index contributed by atoms with van der Waals surface area (Å²) in [6.45, 7) is 1.81. The van der Waals surface area contributed by atoms with E-state index >= 15 is 0 Å². The van der Waals surface area contributed by atoms with Crippen molar-refractivity contribution in [2.24, 2.45) is 0 Å². The molecule has 5 nitrogen and oxygen atoms in total. The number of hydrogen-bond acceptors (Lipinski definition) is 5. The molecule has 2 rings (SSSR count). The molecule has 1 aliphatic carbocycles. The van der Waals surface area contributed by atoms with Gasteiger partial charge >= 0.3 is 5.97 Å². The van der Waals surface area contributed by atoms with E-state index in [-0.39, 0.29) is 5.56 Å². The minimum atomic E-state index is -2.13. The van der Waals surface area contributed by atoms with Crippen LogP contribution < -0.4 is 0 Å². The first-order chi connectivity index (χ1) is 8.40. The van der Waals surface area contributed by atoms with Crippen LogP contribution in [0.5, 0.6) is 0 Å². The van der Waals surface area contributed by atoms with Crippen molar-refractivity contribution in [1.29, 1.82) is 0 Å². The minimum Gasteiger partial charge on any atom is -0.479 e. The van der Waals surface area contributed by atoms with E-state index in [9.17, 15) is 20.1 Å². The highest BCUT2D eigenvalue weighted by molar-refractivity contribution is 7.13. The maximum atomic E-state index is 11.2. The van der Waals surface area contributed by atoms with E-state index in [0.717, 1.165) is 4.88 Å². The van der Waals surface area contributed by atoms with Gasteiger partial charge in [0.15, 0.2) is 5.60 Å². The Bertz CT molecular complexity index is 507. The fourth-order valence-corrected chi connectivity index (χ4v) is 3.37. The zero-order valence-electron chi connectivity index (χ0n) is 9.70. The molecule has 0 aliphatic heterocycles. The van der Waals surface area contributed by atoms with Crippen molar-refractivity contribution in [3.8, 4) is 0 Å². The Kier molecular flexibility index (Phi) is 3.29. The summed E-state index contributed by atoms with van der Waals surface area (Å²) in [6.07, 6.45) is 0.687. The Morgan fingerprint density at radius 1 is 1.56 bits per heavy atom. The molecule has 0 aromatic carbocycles. The molecule has 6 heteroatoms. The highest BCUT2D eigenvalue weighted by Crippen LogP contribution is 2.45. The van der Waals surface area contributed by atoms with Crippen LogP contribution in [0.2, 0.25) is 0 Å². The Morgan fingerprint density at radius 2 is 2.22 bits per heavy atom. The van der Waals surface area contributed by atoms with Gasteiger partial charge in [-0.1, -0.05) is 6.08 Å². The number of aliphatic carboxylic acids is 1. The quantitative estimate of drug-likeness (QED) is 0.638. The summed E-state index contributed by atoms with van der Waals surface area (Å²) in [5.41, 5.74) is -1.96. The van der Waals surface area contributed by atoms with Gasteiger partial charge in [0.05, 0.1) is 6.10 Å². The third-order valence-electron chi connectivity index (χ3n) is 3.05. The van der Waals surface area contributed by atoms with Gasteiger partial charge in [-0.25, -0.2) is 4.79 Å². The number of carbonyl (C=O) groups is 1. The second-order valence-electron chi connectivity index (χ2n) is 4.31. The van der Waals surface area contributed by atoms with E-state index in [1.165, 1.54) is 11.3 Å². The number of carboxylic acids is 1. The number of carboxylic acid groups (broad SMARTS) is 1. The predicted octanol–water partition coefficient (Wildman–Crippen LogP) is 0.851. The van der Waals surface area contributed by atoms with Crippen molar-refractivity contribution in [3.05, 3.63) is 27.5 Å². The molecule has 0 bridgehead atoms. The van der Waals surface area contributed by atoms with Crippen molar-refractivity contribution in [1.82, 2.24) is 0 Å². The van der Waals surface area contributed by atoms with Crippen LogP contribution >= 0.6 is 11.3 Å². The molecule has 0 radical (unpaired) electrons. The van der Waals surface area contributed by atoms with Crippen molar-refractivity contribution in [2.45, 2.75) is 31.2 Å². The molecule has 1 aromatic heterocycles. The average Bonchev–Trinajstić information content (AvgIpc) is 2.71. The van der Waals surface area contributed by atoms with Gasteiger partial charge in [0.25, 0.3) is 0 Å². The zero-order valence-corrected chi connectivity index (χ0v) is 10.5. The normalized spacial score (nSPS) is 31.6. The SMILES string of the molecule is CC=Cc1cc2c(s1)[C@@H](O)[C@H](O)CC2(O)C(=O)O. The molecule has 0 amide bonds. The predicted molar refractivity (Wildman–Crippen MR) is 66.1 cm³/mol. The standard InChI is InChI=1S/C12H14O5S/c1-2-3-6-4-7-10(18-6)9(14)8(13)5-12(7,17)11(15)16/h2-4,8-9,13-14,17H,5H2,1H3,(H,15,16)/t8-,9+,12?/m1/s1. The summed E-state index contributed by atoms with van der Waals surface area (Å²) >= 11 is 1.17. The zero-order chi connectivity index (χ0) is 13.5. The van der Waals surface area contributed by atoms with Crippen LogP contribution in [0.1, 0.15) is 34.8 Å². The summed E-state index contributed by atoms with van der Waals surface area (Å²) in [4.78, 5) is 12.2. The molecule has 0 saturated heterocycles. The first-order valence-corrected chi connectivity index (χ1v) is 6.30. The number of hydrogen-bond donors (Lipinski definition) is 4. The fourth-order valence-electron chi connectivity index (χ4n) is 2.12. The van der Waals surface area contributed by atoms with Crippen LogP contribution in [0, 0.1) is 0 Å². The first kappa shape index (κ1) is 13.2. The summed E-state index contributed by atoms with van der Waals surface area (Å²) in [7, 11) is 0. The van der Waals surface area contributed by atoms with Crippen LogP contribution in [-0.2, 0) is 10.4 Å². The summed E-state index contributed by atoms with van der Waals surface area (Å²) in [5, 5.41) is 38.8. The molecule has 98 valence electrons. The summed E-state index contributed by atoms with van der Waals surface area (Å²) in [6, 6.07) is 1.54. The molecule has 1 unspecified atom stereocenters. The average molecular weight is 270 g/mol. The molecule has 4 N–H and O–H groups in total. The Balaban J connectivity index is 2.59. The van der Waals surface area contributed by atoms with Crippen LogP contribution in [0.25, 0.3) is 6.08 Å². The fraction of sp³-hybridized carbons (Fsp3) is 0.417. The molecular formula is C12H14O5S. The van der Waals surface area contributed by atoms with Crippen LogP contribution in [0.4, 0.5) is 0 Å². The Hall–Kier alpha value is -1.21. The van der Waals surface area contributed by atoms with E-state index in [1.807, 2.05) is 6.92 Å².